The van der Waals surface area contributed by atoms with Gasteiger partial charge < -0.3 is 5.11 Å². The van der Waals surface area contributed by atoms with Crippen LogP contribution in [0.4, 0.5) is 0 Å². The largest absolute Gasteiger partial charge is 0.506 e. The highest BCUT2D eigenvalue weighted by Gasteiger charge is 2.15. The molecular weight excluding hydrogens is 624 g/mol. The minimum atomic E-state index is -0.436. The van der Waals surface area contributed by atoms with Gasteiger partial charge in [-0.3, -0.25) is 9.48 Å². The van der Waals surface area contributed by atoms with Gasteiger partial charge in [-0.25, -0.2) is 5.43 Å². The third kappa shape index (κ3) is 5.31. The zero-order chi connectivity index (χ0) is 20.3. The van der Waals surface area contributed by atoms with Crippen LogP contribution in [0.1, 0.15) is 21.6 Å². The maximum Gasteiger partial charge on any atom is 0.293 e. The van der Waals surface area contributed by atoms with Crippen LogP contribution in [0.5, 0.6) is 5.75 Å². The number of carbonyl (C=O) groups excluding carboxylic acids is 1. The van der Waals surface area contributed by atoms with Crippen LogP contribution >= 0.6 is 63.7 Å². The molecule has 0 atom stereocenters. The van der Waals surface area contributed by atoms with Gasteiger partial charge in [0.15, 0.2) is 5.69 Å². The summed E-state index contributed by atoms with van der Waals surface area (Å²) in [6, 6.07) is 11.2. The molecule has 1 heterocycles. The normalized spacial score (nSPS) is 11.1. The Labute approximate surface area is 194 Å². The van der Waals surface area contributed by atoms with E-state index < -0.39 is 5.91 Å². The zero-order valence-corrected chi connectivity index (χ0v) is 20.4. The number of aromatic nitrogens is 2. The highest BCUT2D eigenvalue weighted by atomic mass is 79.9. The van der Waals surface area contributed by atoms with Crippen LogP contribution in [-0.2, 0) is 6.54 Å². The van der Waals surface area contributed by atoms with Crippen LogP contribution in [0, 0.1) is 0 Å². The highest BCUT2D eigenvalue weighted by molar-refractivity contribution is 9.11. The number of nitrogens with zero attached hydrogens (tertiary/aromatic N) is 3. The molecule has 2 aromatic carbocycles. The Morgan fingerprint density at radius 2 is 1.75 bits per heavy atom. The Balaban J connectivity index is 1.67. The molecule has 0 aliphatic carbocycles. The van der Waals surface area contributed by atoms with Gasteiger partial charge in [0.1, 0.15) is 5.75 Å². The minimum Gasteiger partial charge on any atom is -0.506 e. The van der Waals surface area contributed by atoms with Gasteiger partial charge in [-0.05, 0) is 83.2 Å². The van der Waals surface area contributed by atoms with E-state index in [1.807, 2.05) is 24.3 Å². The lowest BCUT2D eigenvalue weighted by Crippen LogP contribution is -2.19. The monoisotopic (exact) mass is 632 g/mol. The van der Waals surface area contributed by atoms with Crippen molar-refractivity contribution in [2.24, 2.45) is 5.10 Å². The number of phenols is 1. The molecule has 6 nitrogen and oxygen atoms in total. The second-order valence-electron chi connectivity index (χ2n) is 5.68. The second kappa shape index (κ2) is 9.34. The molecule has 1 aromatic heterocycles. The number of hydrogen-bond acceptors (Lipinski definition) is 4. The van der Waals surface area contributed by atoms with E-state index in [4.69, 9.17) is 0 Å². The summed E-state index contributed by atoms with van der Waals surface area (Å²) in [4.78, 5) is 12.4. The average molecular weight is 636 g/mol. The van der Waals surface area contributed by atoms with Gasteiger partial charge in [0.2, 0.25) is 0 Å². The van der Waals surface area contributed by atoms with E-state index in [0.29, 0.717) is 25.5 Å². The molecule has 0 unspecified atom stereocenters. The highest BCUT2D eigenvalue weighted by Crippen LogP contribution is 2.32. The molecule has 1 amide bonds. The number of hydrazone groups is 1. The van der Waals surface area contributed by atoms with E-state index in [9.17, 15) is 9.90 Å². The molecule has 0 bridgehead atoms. The zero-order valence-electron chi connectivity index (χ0n) is 14.0. The van der Waals surface area contributed by atoms with Crippen LogP contribution < -0.4 is 5.43 Å². The molecule has 0 saturated heterocycles. The number of carbonyl (C=O) groups is 1. The third-order valence-corrected chi connectivity index (χ3v) is 5.93. The number of benzene rings is 2. The summed E-state index contributed by atoms with van der Waals surface area (Å²) in [6.45, 7) is 0.540. The first-order valence-corrected chi connectivity index (χ1v) is 11.0. The average Bonchev–Trinajstić information content (AvgIpc) is 3.01. The number of rotatable bonds is 5. The molecule has 0 aliphatic heterocycles. The number of aromatic hydroxyl groups is 1. The molecule has 3 rings (SSSR count). The van der Waals surface area contributed by atoms with E-state index in [1.54, 1.807) is 23.0 Å². The number of hydrogen-bond donors (Lipinski definition) is 2. The van der Waals surface area contributed by atoms with Crippen molar-refractivity contribution >= 4 is 75.8 Å². The third-order valence-electron chi connectivity index (χ3n) is 3.61. The summed E-state index contributed by atoms with van der Waals surface area (Å²) in [6.07, 6.45) is 3.22. The molecule has 0 saturated carbocycles. The fourth-order valence-electron chi connectivity index (χ4n) is 2.29. The minimum absolute atomic E-state index is 0.0985. The molecule has 0 fully saturated rings. The van der Waals surface area contributed by atoms with E-state index >= 15 is 0 Å². The van der Waals surface area contributed by atoms with Crippen molar-refractivity contribution in [3.05, 3.63) is 77.3 Å². The smallest absolute Gasteiger partial charge is 0.293 e. The molecule has 3 aromatic rings. The van der Waals surface area contributed by atoms with Gasteiger partial charge in [-0.15, -0.1) is 0 Å². The fraction of sp³-hybridized carbons (Fsp3) is 0.0556. The quantitative estimate of drug-likeness (QED) is 0.289. The number of nitrogens with one attached hydrogen (secondary N) is 1. The topological polar surface area (TPSA) is 79.5 Å². The first-order valence-electron chi connectivity index (χ1n) is 7.82. The standard InChI is InChI=1S/C18H12Br4N4O2/c19-12-3-1-10(2-4-12)8-26-9-15(22)16(25-26)18(28)24-23-7-11-5-13(20)17(27)14(21)6-11/h1-7,9,27H,8H2,(H,24,28)/b23-7+. The fourth-order valence-corrected chi connectivity index (χ4v) is 4.27. The first-order chi connectivity index (χ1) is 13.3. The number of halogens is 4. The van der Waals surface area contributed by atoms with E-state index in [-0.39, 0.29) is 11.4 Å². The first kappa shape index (κ1) is 21.2. The summed E-state index contributed by atoms with van der Waals surface area (Å²) in [7, 11) is 0. The van der Waals surface area contributed by atoms with Crippen LogP contribution in [0.2, 0.25) is 0 Å². The maximum absolute atomic E-state index is 12.4. The maximum atomic E-state index is 12.4. The lowest BCUT2D eigenvalue weighted by molar-refractivity contribution is 0.0948. The molecule has 2 N–H and O–H groups in total. The van der Waals surface area contributed by atoms with Crippen LogP contribution in [0.25, 0.3) is 0 Å². The molecular formula is C18H12Br4N4O2. The van der Waals surface area contributed by atoms with Crippen molar-refractivity contribution in [2.75, 3.05) is 0 Å². The van der Waals surface area contributed by atoms with Crippen LogP contribution in [0.3, 0.4) is 0 Å². The lowest BCUT2D eigenvalue weighted by atomic mass is 10.2. The SMILES string of the molecule is O=C(N/N=C/c1cc(Br)c(O)c(Br)c1)c1nn(Cc2ccc(Br)cc2)cc1Br. The summed E-state index contributed by atoms with van der Waals surface area (Å²) >= 11 is 13.3. The van der Waals surface area contributed by atoms with Gasteiger partial charge >= 0.3 is 0 Å². The Kier molecular flexibility index (Phi) is 7.08. The van der Waals surface area contributed by atoms with E-state index in [0.717, 1.165) is 10.0 Å². The van der Waals surface area contributed by atoms with Crippen molar-refractivity contribution in [2.45, 2.75) is 6.54 Å². The van der Waals surface area contributed by atoms with Crippen molar-refractivity contribution < 1.29 is 9.90 Å². The van der Waals surface area contributed by atoms with Crippen molar-refractivity contribution in [3.63, 3.8) is 0 Å². The van der Waals surface area contributed by atoms with Crippen molar-refractivity contribution in [1.29, 1.82) is 0 Å². The second-order valence-corrected chi connectivity index (χ2v) is 9.16. The van der Waals surface area contributed by atoms with Gasteiger partial charge in [0.25, 0.3) is 5.91 Å². The van der Waals surface area contributed by atoms with Crippen molar-refractivity contribution in [1.82, 2.24) is 15.2 Å². The molecule has 0 radical (unpaired) electrons. The number of amides is 1. The summed E-state index contributed by atoms with van der Waals surface area (Å²) in [5.74, 6) is -0.337. The van der Waals surface area contributed by atoms with Gasteiger partial charge in [0, 0.05) is 10.7 Å². The predicted octanol–water partition coefficient (Wildman–Crippen LogP) is 5.45. The number of phenolic OH excluding ortho intramolecular Hbond substituents is 1. The molecule has 144 valence electrons. The molecule has 28 heavy (non-hydrogen) atoms. The Morgan fingerprint density at radius 3 is 2.39 bits per heavy atom. The molecule has 10 heteroatoms. The Morgan fingerprint density at radius 1 is 1.11 bits per heavy atom. The lowest BCUT2D eigenvalue weighted by Gasteiger charge is -2.02. The summed E-state index contributed by atoms with van der Waals surface area (Å²) in [5.41, 5.74) is 4.44. The van der Waals surface area contributed by atoms with Crippen LogP contribution in [-0.4, -0.2) is 27.0 Å². The summed E-state index contributed by atoms with van der Waals surface area (Å²) in [5, 5.41) is 18.0. The van der Waals surface area contributed by atoms with Gasteiger partial charge in [0.05, 0.1) is 26.2 Å². The van der Waals surface area contributed by atoms with Gasteiger partial charge in [-0.2, -0.15) is 10.2 Å². The Hall–Kier alpha value is -1.49. The van der Waals surface area contributed by atoms with Gasteiger partial charge in [-0.1, -0.05) is 28.1 Å². The van der Waals surface area contributed by atoms with E-state index in [2.05, 4.69) is 79.3 Å². The molecule has 0 spiro atoms. The summed E-state index contributed by atoms with van der Waals surface area (Å²) < 4.78 is 4.30. The van der Waals surface area contributed by atoms with Crippen LogP contribution in [0.15, 0.2) is 65.6 Å². The van der Waals surface area contributed by atoms with Crippen molar-refractivity contribution in [3.8, 4) is 5.75 Å². The molecule has 0 aliphatic rings. The predicted molar refractivity (Wildman–Crippen MR) is 122 cm³/mol. The van der Waals surface area contributed by atoms with E-state index in [1.165, 1.54) is 6.21 Å². The Bertz CT molecular complexity index is 1030.